The Bertz CT molecular complexity index is 624. The number of hydrogen-bond donors (Lipinski definition) is 2. The number of nitrogens with zero attached hydrogens (tertiary/aromatic N) is 2. The number of ether oxygens (including phenoxy) is 1. The first-order valence-corrected chi connectivity index (χ1v) is 6.29. The molecule has 2 aromatic rings. The average Bonchev–Trinajstić information content (AvgIpc) is 2.94. The van der Waals surface area contributed by atoms with E-state index >= 15 is 0 Å². The lowest BCUT2D eigenvalue weighted by molar-refractivity contribution is 0.0412. The number of aromatic nitrogens is 2. The van der Waals surface area contributed by atoms with Gasteiger partial charge in [-0.15, -0.1) is 0 Å². The molecule has 1 aliphatic rings. The van der Waals surface area contributed by atoms with Crippen LogP contribution in [0.1, 0.15) is 22.0 Å². The zero-order valence-corrected chi connectivity index (χ0v) is 10.6. The lowest BCUT2D eigenvalue weighted by atomic mass is 9.92. The Morgan fingerprint density at radius 2 is 2.35 bits per heavy atom. The van der Waals surface area contributed by atoms with Crippen molar-refractivity contribution < 1.29 is 19.7 Å². The van der Waals surface area contributed by atoms with Gasteiger partial charge < -0.3 is 19.5 Å². The fourth-order valence-corrected chi connectivity index (χ4v) is 2.40. The van der Waals surface area contributed by atoms with Gasteiger partial charge in [-0.2, -0.15) is 0 Å². The van der Waals surface area contributed by atoms with Gasteiger partial charge in [0.25, 0.3) is 0 Å². The van der Waals surface area contributed by atoms with Crippen molar-refractivity contribution in [1.29, 1.82) is 0 Å². The molecule has 6 nitrogen and oxygen atoms in total. The monoisotopic (exact) mass is 274 g/mol. The van der Waals surface area contributed by atoms with Crippen molar-refractivity contribution in [1.82, 2.24) is 9.55 Å². The maximum atomic E-state index is 11.0. The highest BCUT2D eigenvalue weighted by Gasteiger charge is 2.30. The summed E-state index contributed by atoms with van der Waals surface area (Å²) in [6.07, 6.45) is 4.42. The maximum absolute atomic E-state index is 11.0. The molecule has 2 heterocycles. The van der Waals surface area contributed by atoms with E-state index in [2.05, 4.69) is 4.98 Å². The Morgan fingerprint density at radius 1 is 1.50 bits per heavy atom. The molecule has 0 spiro atoms. The first kappa shape index (κ1) is 12.7. The van der Waals surface area contributed by atoms with Crippen LogP contribution in [-0.2, 0) is 6.54 Å². The molecule has 0 fully saturated rings. The molecule has 0 radical (unpaired) electrons. The largest absolute Gasteiger partial charge is 0.493 e. The van der Waals surface area contributed by atoms with Crippen molar-refractivity contribution in [3.63, 3.8) is 0 Å². The van der Waals surface area contributed by atoms with E-state index in [1.54, 1.807) is 18.6 Å². The lowest BCUT2D eigenvalue weighted by Crippen LogP contribution is -2.29. The smallest absolute Gasteiger partial charge is 0.335 e. The fraction of sp³-hybridized carbons (Fsp3) is 0.286. The van der Waals surface area contributed by atoms with Crippen LogP contribution in [0.4, 0.5) is 0 Å². The predicted octanol–water partition coefficient (Wildman–Crippen LogP) is 1.32. The molecule has 0 bridgehead atoms. The number of imidazole rings is 1. The quantitative estimate of drug-likeness (QED) is 0.882. The van der Waals surface area contributed by atoms with Gasteiger partial charge in [-0.1, -0.05) is 0 Å². The average molecular weight is 274 g/mol. The van der Waals surface area contributed by atoms with Crippen LogP contribution in [-0.4, -0.2) is 32.3 Å². The minimum Gasteiger partial charge on any atom is -0.493 e. The molecule has 6 heteroatoms. The van der Waals surface area contributed by atoms with Gasteiger partial charge in [0.05, 0.1) is 24.6 Å². The van der Waals surface area contributed by atoms with Crippen LogP contribution in [0.5, 0.6) is 5.75 Å². The molecular weight excluding hydrogens is 260 g/mol. The van der Waals surface area contributed by atoms with Gasteiger partial charge in [-0.3, -0.25) is 0 Å². The van der Waals surface area contributed by atoms with Crippen LogP contribution in [0.25, 0.3) is 0 Å². The third-order valence-electron chi connectivity index (χ3n) is 3.48. The summed E-state index contributed by atoms with van der Waals surface area (Å²) in [4.78, 5) is 15.0. The van der Waals surface area contributed by atoms with E-state index in [1.165, 1.54) is 12.1 Å². The molecule has 0 aliphatic carbocycles. The Hall–Kier alpha value is -2.34. The van der Waals surface area contributed by atoms with Gasteiger partial charge in [0.2, 0.25) is 0 Å². The number of aromatic carboxylic acids is 1. The number of fused-ring (bicyclic) bond motifs is 1. The highest BCUT2D eigenvalue weighted by Crippen LogP contribution is 2.36. The molecular formula is C14H14N2O4. The molecule has 0 saturated carbocycles. The SMILES string of the molecule is O=C(O)c1ccc2c(c1)C(O)C(Cn1ccnc1)CO2. The number of aliphatic hydroxyl groups excluding tert-OH is 1. The van der Waals surface area contributed by atoms with Crippen molar-refractivity contribution in [2.24, 2.45) is 5.92 Å². The molecule has 2 N–H and O–H groups in total. The molecule has 2 atom stereocenters. The minimum atomic E-state index is -1.02. The van der Waals surface area contributed by atoms with Crippen LogP contribution in [0.2, 0.25) is 0 Å². The van der Waals surface area contributed by atoms with Crippen LogP contribution in [0, 0.1) is 5.92 Å². The molecule has 1 aromatic heterocycles. The molecule has 3 rings (SSSR count). The van der Waals surface area contributed by atoms with Crippen LogP contribution >= 0.6 is 0 Å². The van der Waals surface area contributed by atoms with Crippen molar-refractivity contribution in [2.75, 3.05) is 6.61 Å². The fourth-order valence-electron chi connectivity index (χ4n) is 2.40. The van der Waals surface area contributed by atoms with Crippen LogP contribution < -0.4 is 4.74 Å². The summed E-state index contributed by atoms with van der Waals surface area (Å²) in [5.41, 5.74) is 0.677. The highest BCUT2D eigenvalue weighted by molar-refractivity contribution is 5.88. The molecule has 2 unspecified atom stereocenters. The predicted molar refractivity (Wildman–Crippen MR) is 69.6 cm³/mol. The van der Waals surface area contributed by atoms with E-state index < -0.39 is 12.1 Å². The molecule has 104 valence electrons. The summed E-state index contributed by atoms with van der Waals surface area (Å²) < 4.78 is 7.47. The number of aliphatic hydroxyl groups is 1. The summed E-state index contributed by atoms with van der Waals surface area (Å²) in [5, 5.41) is 19.4. The van der Waals surface area contributed by atoms with Crippen LogP contribution in [0.15, 0.2) is 36.9 Å². The van der Waals surface area contributed by atoms with Gasteiger partial charge >= 0.3 is 5.97 Å². The zero-order valence-electron chi connectivity index (χ0n) is 10.6. The normalized spacial score (nSPS) is 21.1. The summed E-state index contributed by atoms with van der Waals surface area (Å²) in [5.74, 6) is -0.609. The van der Waals surface area contributed by atoms with E-state index in [-0.39, 0.29) is 11.5 Å². The van der Waals surface area contributed by atoms with E-state index in [4.69, 9.17) is 9.84 Å². The van der Waals surface area contributed by atoms with Crippen molar-refractivity contribution in [2.45, 2.75) is 12.6 Å². The molecule has 0 saturated heterocycles. The van der Waals surface area contributed by atoms with Crippen molar-refractivity contribution in [3.05, 3.63) is 48.0 Å². The third-order valence-corrected chi connectivity index (χ3v) is 3.48. The summed E-state index contributed by atoms with van der Waals surface area (Å²) in [6, 6.07) is 4.54. The second-order valence-electron chi connectivity index (χ2n) is 4.83. The minimum absolute atomic E-state index is 0.138. The van der Waals surface area contributed by atoms with Gasteiger partial charge in [0.15, 0.2) is 0 Å². The number of benzene rings is 1. The molecule has 1 aliphatic heterocycles. The van der Waals surface area contributed by atoms with Gasteiger partial charge in [0.1, 0.15) is 5.75 Å². The van der Waals surface area contributed by atoms with Crippen molar-refractivity contribution in [3.8, 4) is 5.75 Å². The van der Waals surface area contributed by atoms with Gasteiger partial charge in [0, 0.05) is 30.4 Å². The number of carboxylic acid groups (broad SMARTS) is 1. The Labute approximate surface area is 115 Å². The number of hydrogen-bond acceptors (Lipinski definition) is 4. The Balaban J connectivity index is 1.87. The Kier molecular flexibility index (Phi) is 3.15. The molecule has 1 aromatic carbocycles. The highest BCUT2D eigenvalue weighted by atomic mass is 16.5. The first-order valence-electron chi connectivity index (χ1n) is 6.29. The van der Waals surface area contributed by atoms with Crippen molar-refractivity contribution >= 4 is 5.97 Å². The van der Waals surface area contributed by atoms with E-state index in [1.807, 2.05) is 10.8 Å². The lowest BCUT2D eigenvalue weighted by Gasteiger charge is -2.30. The summed E-state index contributed by atoms with van der Waals surface area (Å²) in [6.45, 7) is 0.955. The molecule has 0 amide bonds. The number of rotatable bonds is 3. The second kappa shape index (κ2) is 4.97. The number of carbonyl (C=O) groups is 1. The zero-order chi connectivity index (χ0) is 14.1. The van der Waals surface area contributed by atoms with E-state index in [0.717, 1.165) is 0 Å². The van der Waals surface area contributed by atoms with E-state index in [9.17, 15) is 9.90 Å². The maximum Gasteiger partial charge on any atom is 0.335 e. The van der Waals surface area contributed by atoms with Gasteiger partial charge in [-0.05, 0) is 18.2 Å². The van der Waals surface area contributed by atoms with Crippen LogP contribution in [0.3, 0.4) is 0 Å². The Morgan fingerprint density at radius 3 is 3.05 bits per heavy atom. The number of carboxylic acids is 1. The molecule has 20 heavy (non-hydrogen) atoms. The second-order valence-corrected chi connectivity index (χ2v) is 4.83. The standard InChI is InChI=1S/C14H14N2O4/c17-13-10(6-16-4-3-15-8-16)7-20-12-2-1-9(14(18)19)5-11(12)13/h1-5,8,10,13,17H,6-7H2,(H,18,19). The van der Waals surface area contributed by atoms with E-state index in [0.29, 0.717) is 24.5 Å². The summed E-state index contributed by atoms with van der Waals surface area (Å²) >= 11 is 0. The topological polar surface area (TPSA) is 84.6 Å². The van der Waals surface area contributed by atoms with Gasteiger partial charge in [-0.25, -0.2) is 9.78 Å². The third kappa shape index (κ3) is 2.25. The first-order chi connectivity index (χ1) is 9.65. The summed E-state index contributed by atoms with van der Waals surface area (Å²) in [7, 11) is 0.